The molecule has 0 rings (SSSR count). The molecule has 0 unspecified atom stereocenters. The molecule has 0 amide bonds. The number of carboxylic acids is 3. The molecule has 0 aliphatic rings. The maximum Gasteiger partial charge on any atom is 0.300 e. The summed E-state index contributed by atoms with van der Waals surface area (Å²) in [6.07, 6.45) is 1.24. The van der Waals surface area contributed by atoms with Crippen LogP contribution in [0.4, 0.5) is 0 Å². The van der Waals surface area contributed by atoms with Crippen LogP contribution in [0.25, 0.3) is 0 Å². The SMILES string of the molecule is CC(=O)O.CC(=O)O.CC(=O)O.CCO[SiH2]CCCNCCN. The molecule has 6 N–H and O–H groups in total. The van der Waals surface area contributed by atoms with E-state index < -0.39 is 17.9 Å². The van der Waals surface area contributed by atoms with Gasteiger partial charge < -0.3 is 30.8 Å². The average Bonchev–Trinajstić information content (AvgIpc) is 2.36. The van der Waals surface area contributed by atoms with E-state index in [2.05, 4.69) is 12.2 Å². The first-order chi connectivity index (χ1) is 10.6. The van der Waals surface area contributed by atoms with Crippen molar-refractivity contribution in [2.75, 3.05) is 26.2 Å². The lowest BCUT2D eigenvalue weighted by molar-refractivity contribution is -0.135. The molecular formula is C13H32N2O7Si. The van der Waals surface area contributed by atoms with Crippen LogP contribution in [0, 0.1) is 0 Å². The van der Waals surface area contributed by atoms with Crippen LogP contribution in [0.15, 0.2) is 0 Å². The molecule has 0 aromatic rings. The number of carboxylic acid groups (broad SMARTS) is 3. The molecule has 0 heterocycles. The molecule has 0 radical (unpaired) electrons. The highest BCUT2D eigenvalue weighted by molar-refractivity contribution is 6.26. The van der Waals surface area contributed by atoms with E-state index in [-0.39, 0.29) is 9.76 Å². The van der Waals surface area contributed by atoms with Crippen molar-refractivity contribution in [2.45, 2.75) is 40.2 Å². The molecule has 0 fully saturated rings. The summed E-state index contributed by atoms with van der Waals surface area (Å²) >= 11 is 0. The van der Waals surface area contributed by atoms with Gasteiger partial charge in [0.25, 0.3) is 17.9 Å². The Morgan fingerprint density at radius 3 is 1.70 bits per heavy atom. The highest BCUT2D eigenvalue weighted by Crippen LogP contribution is 1.86. The second kappa shape index (κ2) is 28.6. The van der Waals surface area contributed by atoms with Gasteiger partial charge in [-0.05, 0) is 25.9 Å². The summed E-state index contributed by atoms with van der Waals surface area (Å²) in [5.74, 6) is -2.50. The predicted octanol–water partition coefficient (Wildman–Crippen LogP) is -0.264. The number of aliphatic carboxylic acids is 3. The van der Waals surface area contributed by atoms with Gasteiger partial charge in [0, 0.05) is 40.5 Å². The zero-order valence-electron chi connectivity index (χ0n) is 14.5. The van der Waals surface area contributed by atoms with Gasteiger partial charge in [-0.3, -0.25) is 14.4 Å². The number of rotatable bonds is 8. The second-order valence-corrected chi connectivity index (χ2v) is 5.52. The van der Waals surface area contributed by atoms with Crippen LogP contribution < -0.4 is 11.1 Å². The zero-order valence-corrected chi connectivity index (χ0v) is 15.9. The van der Waals surface area contributed by atoms with Gasteiger partial charge >= 0.3 is 0 Å². The Morgan fingerprint density at radius 1 is 1.00 bits per heavy atom. The average molecular weight is 356 g/mol. The largest absolute Gasteiger partial charge is 0.481 e. The summed E-state index contributed by atoms with van der Waals surface area (Å²) in [6.45, 7) is 8.97. The van der Waals surface area contributed by atoms with Gasteiger partial charge in [0.1, 0.15) is 0 Å². The maximum absolute atomic E-state index is 9.00. The van der Waals surface area contributed by atoms with E-state index in [9.17, 15) is 0 Å². The minimum atomic E-state index is -0.833. The van der Waals surface area contributed by atoms with Crippen LogP contribution >= 0.6 is 0 Å². The molecule has 23 heavy (non-hydrogen) atoms. The summed E-state index contributed by atoms with van der Waals surface area (Å²) in [6, 6.07) is 1.28. The summed E-state index contributed by atoms with van der Waals surface area (Å²) in [5.41, 5.74) is 5.31. The van der Waals surface area contributed by atoms with Crippen molar-refractivity contribution < 1.29 is 34.1 Å². The molecule has 10 heteroatoms. The normalized spacial score (nSPS) is 8.74. The van der Waals surface area contributed by atoms with Crippen LogP contribution in [0.2, 0.25) is 6.04 Å². The molecular weight excluding hydrogens is 324 g/mol. The molecule has 0 aromatic heterocycles. The fraction of sp³-hybridized carbons (Fsp3) is 0.769. The van der Waals surface area contributed by atoms with Gasteiger partial charge in [0.15, 0.2) is 9.76 Å². The highest BCUT2D eigenvalue weighted by atomic mass is 28.2. The van der Waals surface area contributed by atoms with Crippen LogP contribution in [0.1, 0.15) is 34.1 Å². The van der Waals surface area contributed by atoms with Crippen molar-refractivity contribution in [3.05, 3.63) is 0 Å². The maximum atomic E-state index is 9.00. The van der Waals surface area contributed by atoms with Gasteiger partial charge in [-0.15, -0.1) is 0 Å². The van der Waals surface area contributed by atoms with Crippen molar-refractivity contribution in [3.63, 3.8) is 0 Å². The first-order valence-electron chi connectivity index (χ1n) is 7.18. The Kier molecular flexibility index (Phi) is 36.7. The molecule has 140 valence electrons. The molecule has 0 saturated heterocycles. The van der Waals surface area contributed by atoms with Crippen molar-refractivity contribution in [1.82, 2.24) is 5.32 Å². The van der Waals surface area contributed by atoms with Gasteiger partial charge in [-0.25, -0.2) is 0 Å². The van der Waals surface area contributed by atoms with E-state index in [0.717, 1.165) is 47.0 Å². The molecule has 0 bridgehead atoms. The third kappa shape index (κ3) is 166. The van der Waals surface area contributed by atoms with Crippen molar-refractivity contribution in [2.24, 2.45) is 5.73 Å². The van der Waals surface area contributed by atoms with Crippen molar-refractivity contribution in [1.29, 1.82) is 0 Å². The summed E-state index contributed by atoms with van der Waals surface area (Å²) < 4.78 is 5.33. The second-order valence-electron chi connectivity index (χ2n) is 4.00. The lowest BCUT2D eigenvalue weighted by atomic mass is 10.5. The summed E-state index contributed by atoms with van der Waals surface area (Å²) in [5, 5.41) is 25.5. The van der Waals surface area contributed by atoms with Gasteiger partial charge in [-0.2, -0.15) is 0 Å². The Bertz CT molecular complexity index is 231. The molecule has 0 atom stereocenters. The molecule has 0 saturated carbocycles. The third-order valence-corrected chi connectivity index (χ3v) is 2.90. The van der Waals surface area contributed by atoms with E-state index in [4.69, 9.17) is 39.9 Å². The van der Waals surface area contributed by atoms with Gasteiger partial charge in [0.2, 0.25) is 0 Å². The van der Waals surface area contributed by atoms with E-state index >= 15 is 0 Å². The monoisotopic (exact) mass is 356 g/mol. The fourth-order valence-corrected chi connectivity index (χ4v) is 1.77. The Labute approximate surface area is 140 Å². The smallest absolute Gasteiger partial charge is 0.300 e. The fourth-order valence-electron chi connectivity index (χ4n) is 0.826. The number of nitrogens with one attached hydrogen (secondary N) is 1. The van der Waals surface area contributed by atoms with E-state index in [0.29, 0.717) is 0 Å². The number of carbonyl (C=O) groups is 3. The number of hydrogen-bond donors (Lipinski definition) is 5. The predicted molar refractivity (Wildman–Crippen MR) is 91.4 cm³/mol. The number of nitrogens with two attached hydrogens (primary N) is 1. The van der Waals surface area contributed by atoms with E-state index in [1.807, 2.05) is 0 Å². The first-order valence-corrected chi connectivity index (χ1v) is 8.76. The molecule has 0 aliphatic carbocycles. The third-order valence-electron chi connectivity index (χ3n) is 1.42. The first kappa shape index (κ1) is 29.5. The van der Waals surface area contributed by atoms with Gasteiger partial charge in [0.05, 0.1) is 0 Å². The van der Waals surface area contributed by atoms with E-state index in [1.165, 1.54) is 12.5 Å². The minimum Gasteiger partial charge on any atom is -0.481 e. The summed E-state index contributed by atoms with van der Waals surface area (Å²) in [4.78, 5) is 27.0. The molecule has 9 nitrogen and oxygen atoms in total. The Hall–Kier alpha value is -1.49. The number of hydrogen-bond acceptors (Lipinski definition) is 6. The van der Waals surface area contributed by atoms with Crippen LogP contribution in [-0.4, -0.2) is 69.2 Å². The van der Waals surface area contributed by atoms with Crippen molar-refractivity contribution in [3.8, 4) is 0 Å². The topological polar surface area (TPSA) is 159 Å². The lowest BCUT2D eigenvalue weighted by Crippen LogP contribution is -2.23. The molecule has 0 aliphatic heterocycles. The quantitative estimate of drug-likeness (QED) is 0.291. The Morgan fingerprint density at radius 2 is 1.39 bits per heavy atom. The molecule has 0 aromatic carbocycles. The lowest BCUT2D eigenvalue weighted by Gasteiger charge is -2.02. The van der Waals surface area contributed by atoms with Crippen LogP contribution in [0.5, 0.6) is 0 Å². The highest BCUT2D eigenvalue weighted by Gasteiger charge is 1.88. The van der Waals surface area contributed by atoms with Gasteiger partial charge in [-0.1, -0.05) is 0 Å². The zero-order chi connectivity index (χ0) is 19.1. The van der Waals surface area contributed by atoms with Crippen molar-refractivity contribution >= 4 is 27.7 Å². The Balaban J connectivity index is -0.000000124. The standard InChI is InChI=1S/C7H20N2OSi.3C2H4O2/c1-2-10-11-7-3-5-9-6-4-8;3*1-2(3)4/h9H,2-8,11H2,1H3;3*1H3,(H,3,4). The molecule has 0 spiro atoms. The van der Waals surface area contributed by atoms with Crippen LogP contribution in [-0.2, 0) is 18.8 Å². The van der Waals surface area contributed by atoms with E-state index in [1.54, 1.807) is 0 Å². The van der Waals surface area contributed by atoms with Crippen LogP contribution in [0.3, 0.4) is 0 Å². The minimum absolute atomic E-state index is 0.194. The summed E-state index contributed by atoms with van der Waals surface area (Å²) in [7, 11) is -0.194.